The number of methoxy groups -OCH3 is 1. The third kappa shape index (κ3) is 7.93. The van der Waals surface area contributed by atoms with Crippen LogP contribution in [0.25, 0.3) is 0 Å². The van der Waals surface area contributed by atoms with Crippen LogP contribution in [0.4, 0.5) is 0 Å². The smallest absolute Gasteiger partial charge is 0.309 e. The fraction of sp³-hybridized carbons (Fsp3) is 0.800. The van der Waals surface area contributed by atoms with E-state index in [0.717, 1.165) is 0 Å². The van der Waals surface area contributed by atoms with E-state index in [9.17, 15) is 9.59 Å². The van der Waals surface area contributed by atoms with Crippen molar-refractivity contribution < 1.29 is 23.5 Å². The Balaban J connectivity index is 4.31. The SMILES string of the molecule is COC(=O)C[C@@H](C[N+](C)(C)C)OC(C)=O. The van der Waals surface area contributed by atoms with Gasteiger partial charge in [0, 0.05) is 6.92 Å². The van der Waals surface area contributed by atoms with E-state index in [1.54, 1.807) is 0 Å². The minimum absolute atomic E-state index is 0.103. The Labute approximate surface area is 90.5 Å². The second-order valence-electron chi connectivity index (χ2n) is 4.48. The number of hydrogen-bond donors (Lipinski definition) is 0. The van der Waals surface area contributed by atoms with Crippen molar-refractivity contribution in [3.63, 3.8) is 0 Å². The molecule has 0 aromatic carbocycles. The lowest BCUT2D eigenvalue weighted by Crippen LogP contribution is -2.43. The predicted molar refractivity (Wildman–Crippen MR) is 55.1 cm³/mol. The lowest BCUT2D eigenvalue weighted by molar-refractivity contribution is -0.873. The van der Waals surface area contributed by atoms with Crippen LogP contribution >= 0.6 is 0 Å². The van der Waals surface area contributed by atoms with Crippen LogP contribution in [-0.4, -0.2) is 57.3 Å². The lowest BCUT2D eigenvalue weighted by atomic mass is 10.2. The molecule has 0 aliphatic rings. The fourth-order valence-electron chi connectivity index (χ4n) is 1.26. The van der Waals surface area contributed by atoms with E-state index < -0.39 is 6.10 Å². The van der Waals surface area contributed by atoms with Gasteiger partial charge in [0.2, 0.25) is 0 Å². The van der Waals surface area contributed by atoms with Crippen LogP contribution in [0.2, 0.25) is 0 Å². The molecule has 0 unspecified atom stereocenters. The maximum atomic E-state index is 11.1. The zero-order valence-electron chi connectivity index (χ0n) is 10.1. The topological polar surface area (TPSA) is 52.6 Å². The van der Waals surface area contributed by atoms with E-state index in [2.05, 4.69) is 4.74 Å². The molecule has 0 N–H and O–H groups in total. The number of hydrogen-bond acceptors (Lipinski definition) is 4. The summed E-state index contributed by atoms with van der Waals surface area (Å²) in [6.45, 7) is 1.91. The molecule has 0 amide bonds. The molecule has 0 spiro atoms. The Morgan fingerprint density at radius 2 is 1.80 bits per heavy atom. The summed E-state index contributed by atoms with van der Waals surface area (Å²) in [5.74, 6) is -0.743. The molecule has 0 saturated carbocycles. The van der Waals surface area contributed by atoms with Gasteiger partial charge < -0.3 is 14.0 Å². The molecular weight excluding hydrogens is 198 g/mol. The Morgan fingerprint density at radius 3 is 2.13 bits per heavy atom. The van der Waals surface area contributed by atoms with Crippen LogP contribution < -0.4 is 0 Å². The first-order valence-electron chi connectivity index (χ1n) is 4.79. The first-order valence-corrected chi connectivity index (χ1v) is 4.79. The first-order chi connectivity index (χ1) is 6.74. The molecule has 88 valence electrons. The van der Waals surface area contributed by atoms with Gasteiger partial charge in [0.1, 0.15) is 6.54 Å². The molecular formula is C10H20NO4+. The molecule has 1 atom stereocenters. The summed E-state index contributed by atoms with van der Waals surface area (Å²) in [5, 5.41) is 0. The van der Waals surface area contributed by atoms with Crippen molar-refractivity contribution in [2.75, 3.05) is 34.8 Å². The van der Waals surface area contributed by atoms with E-state index in [1.165, 1.54) is 14.0 Å². The number of ether oxygens (including phenoxy) is 2. The number of nitrogens with zero attached hydrogens (tertiary/aromatic N) is 1. The van der Waals surface area contributed by atoms with Crippen LogP contribution in [-0.2, 0) is 19.1 Å². The van der Waals surface area contributed by atoms with Gasteiger partial charge in [-0.05, 0) is 0 Å². The standard InChI is InChI=1S/C10H20NO4/c1-8(12)15-9(6-10(13)14-5)7-11(2,3)4/h9H,6-7H2,1-5H3/q+1/t9-/m0/s1. The lowest BCUT2D eigenvalue weighted by Gasteiger charge is -2.28. The molecule has 0 radical (unpaired) electrons. The van der Waals surface area contributed by atoms with Crippen molar-refractivity contribution in [3.05, 3.63) is 0 Å². The van der Waals surface area contributed by atoms with Crippen LogP contribution in [0.5, 0.6) is 0 Å². The molecule has 0 fully saturated rings. The molecule has 5 heteroatoms. The van der Waals surface area contributed by atoms with Crippen LogP contribution in [0.1, 0.15) is 13.3 Å². The monoisotopic (exact) mass is 218 g/mol. The number of quaternary nitrogens is 1. The van der Waals surface area contributed by atoms with Crippen LogP contribution in [0.15, 0.2) is 0 Å². The van der Waals surface area contributed by atoms with Crippen molar-refractivity contribution in [3.8, 4) is 0 Å². The number of carbonyl (C=O) groups excluding carboxylic acids is 2. The molecule has 0 rings (SSSR count). The second kappa shape index (κ2) is 5.70. The average molecular weight is 218 g/mol. The van der Waals surface area contributed by atoms with Crippen LogP contribution in [0, 0.1) is 0 Å². The third-order valence-corrected chi connectivity index (χ3v) is 1.71. The van der Waals surface area contributed by atoms with E-state index >= 15 is 0 Å². The van der Waals surface area contributed by atoms with Crippen molar-refractivity contribution in [1.29, 1.82) is 0 Å². The Hall–Kier alpha value is -1.10. The number of esters is 2. The largest absolute Gasteiger partial charge is 0.469 e. The normalized spacial score (nSPS) is 13.1. The molecule has 0 heterocycles. The number of carbonyl (C=O) groups is 2. The fourth-order valence-corrected chi connectivity index (χ4v) is 1.26. The van der Waals surface area contributed by atoms with Gasteiger partial charge >= 0.3 is 11.9 Å². The highest BCUT2D eigenvalue weighted by atomic mass is 16.6. The molecule has 0 bridgehead atoms. The number of likely N-dealkylation sites (N-methyl/N-ethyl adjacent to an activating group) is 1. The highest BCUT2D eigenvalue weighted by Crippen LogP contribution is 2.06. The molecule has 0 saturated heterocycles. The minimum Gasteiger partial charge on any atom is -0.469 e. The van der Waals surface area contributed by atoms with E-state index in [4.69, 9.17) is 4.74 Å². The van der Waals surface area contributed by atoms with E-state index in [0.29, 0.717) is 11.0 Å². The quantitative estimate of drug-likeness (QED) is 0.488. The molecule has 5 nitrogen and oxygen atoms in total. The maximum Gasteiger partial charge on any atom is 0.309 e. The van der Waals surface area contributed by atoms with Gasteiger partial charge in [0.25, 0.3) is 0 Å². The highest BCUT2D eigenvalue weighted by molar-refractivity contribution is 5.71. The number of rotatable bonds is 5. The van der Waals surface area contributed by atoms with Crippen molar-refractivity contribution in [1.82, 2.24) is 0 Å². The Morgan fingerprint density at radius 1 is 1.27 bits per heavy atom. The Kier molecular flexibility index (Phi) is 5.28. The molecule has 0 aromatic rings. The molecule has 0 aliphatic heterocycles. The van der Waals surface area contributed by atoms with E-state index in [-0.39, 0.29) is 18.4 Å². The van der Waals surface area contributed by atoms with Crippen LogP contribution in [0.3, 0.4) is 0 Å². The highest BCUT2D eigenvalue weighted by Gasteiger charge is 2.24. The van der Waals surface area contributed by atoms with Crippen molar-refractivity contribution >= 4 is 11.9 Å². The second-order valence-corrected chi connectivity index (χ2v) is 4.48. The summed E-state index contributed by atoms with van der Waals surface area (Å²) < 4.78 is 10.2. The predicted octanol–water partition coefficient (Wildman–Crippen LogP) is 0.187. The van der Waals surface area contributed by atoms with Crippen molar-refractivity contribution in [2.24, 2.45) is 0 Å². The molecule has 0 aromatic heterocycles. The molecule has 15 heavy (non-hydrogen) atoms. The van der Waals surface area contributed by atoms with Gasteiger partial charge in [-0.2, -0.15) is 0 Å². The van der Waals surface area contributed by atoms with Gasteiger partial charge in [-0.3, -0.25) is 9.59 Å². The summed E-state index contributed by atoms with van der Waals surface area (Å²) in [5.41, 5.74) is 0. The summed E-state index contributed by atoms with van der Waals surface area (Å²) >= 11 is 0. The third-order valence-electron chi connectivity index (χ3n) is 1.71. The van der Waals surface area contributed by atoms with Gasteiger partial charge in [-0.15, -0.1) is 0 Å². The Bertz CT molecular complexity index is 232. The van der Waals surface area contributed by atoms with Gasteiger partial charge in [0.15, 0.2) is 6.10 Å². The van der Waals surface area contributed by atoms with E-state index in [1.807, 2.05) is 21.1 Å². The first kappa shape index (κ1) is 13.9. The minimum atomic E-state index is -0.421. The summed E-state index contributed by atoms with van der Waals surface area (Å²) in [4.78, 5) is 21.9. The average Bonchev–Trinajstić information content (AvgIpc) is 1.99. The summed E-state index contributed by atoms with van der Waals surface area (Å²) in [6.07, 6.45) is -0.319. The zero-order valence-corrected chi connectivity index (χ0v) is 10.1. The summed E-state index contributed by atoms with van der Waals surface area (Å²) in [6, 6.07) is 0. The maximum absolute atomic E-state index is 11.1. The van der Waals surface area contributed by atoms with Gasteiger partial charge in [0.05, 0.1) is 34.7 Å². The zero-order chi connectivity index (χ0) is 12.1. The molecule has 0 aliphatic carbocycles. The van der Waals surface area contributed by atoms with Crippen molar-refractivity contribution in [2.45, 2.75) is 19.4 Å². The summed E-state index contributed by atoms with van der Waals surface area (Å²) in [7, 11) is 7.22. The van der Waals surface area contributed by atoms with Gasteiger partial charge in [-0.25, -0.2) is 0 Å². The van der Waals surface area contributed by atoms with Gasteiger partial charge in [-0.1, -0.05) is 0 Å².